The lowest BCUT2D eigenvalue weighted by Crippen LogP contribution is -2.41. The van der Waals surface area contributed by atoms with Gasteiger partial charge in [-0.15, -0.1) is 0 Å². The molecule has 1 saturated heterocycles. The highest BCUT2D eigenvalue weighted by molar-refractivity contribution is 5.94. The Morgan fingerprint density at radius 3 is 2.86 bits per heavy atom. The summed E-state index contributed by atoms with van der Waals surface area (Å²) in [6.07, 6.45) is 2.32. The van der Waals surface area contributed by atoms with Crippen molar-refractivity contribution in [3.05, 3.63) is 35.4 Å². The number of hydrogen-bond donors (Lipinski definition) is 2. The van der Waals surface area contributed by atoms with Gasteiger partial charge in [-0.2, -0.15) is 0 Å². The van der Waals surface area contributed by atoms with Crippen molar-refractivity contribution in [3.8, 4) is 0 Å². The molecule has 0 bridgehead atoms. The highest BCUT2D eigenvalue weighted by Crippen LogP contribution is 2.16. The number of hydrogen-bond acceptors (Lipinski definition) is 4. The number of nitrogens with two attached hydrogens (primary N) is 1. The van der Waals surface area contributed by atoms with E-state index in [-0.39, 0.29) is 5.91 Å². The van der Waals surface area contributed by atoms with Gasteiger partial charge in [0.2, 0.25) is 0 Å². The predicted octanol–water partition coefficient (Wildman–Crippen LogP) is 0.986. The van der Waals surface area contributed by atoms with Crippen LogP contribution in [0.5, 0.6) is 0 Å². The normalized spacial score (nSPS) is 18.9. The Hall–Kier alpha value is -1.43. The maximum absolute atomic E-state index is 12.1. The van der Waals surface area contributed by atoms with E-state index in [1.54, 1.807) is 7.11 Å². The fourth-order valence-electron chi connectivity index (χ4n) is 2.73. The van der Waals surface area contributed by atoms with E-state index in [2.05, 4.69) is 10.2 Å². The zero-order valence-corrected chi connectivity index (χ0v) is 12.7. The van der Waals surface area contributed by atoms with Gasteiger partial charge >= 0.3 is 0 Å². The SMILES string of the molecule is COCCN1CCCC1CNC(=O)c1ccc(CN)cc1. The van der Waals surface area contributed by atoms with Gasteiger partial charge in [0.1, 0.15) is 0 Å². The Morgan fingerprint density at radius 1 is 1.43 bits per heavy atom. The van der Waals surface area contributed by atoms with Gasteiger partial charge < -0.3 is 15.8 Å². The van der Waals surface area contributed by atoms with Gasteiger partial charge in [0.15, 0.2) is 0 Å². The summed E-state index contributed by atoms with van der Waals surface area (Å²) in [5.41, 5.74) is 7.28. The van der Waals surface area contributed by atoms with Crippen molar-refractivity contribution < 1.29 is 9.53 Å². The monoisotopic (exact) mass is 291 g/mol. The van der Waals surface area contributed by atoms with E-state index in [0.29, 0.717) is 24.7 Å². The van der Waals surface area contributed by atoms with Gasteiger partial charge in [-0.1, -0.05) is 12.1 Å². The largest absolute Gasteiger partial charge is 0.383 e. The Bertz CT molecular complexity index is 447. The summed E-state index contributed by atoms with van der Waals surface area (Å²) >= 11 is 0. The van der Waals surface area contributed by atoms with Crippen molar-refractivity contribution in [1.29, 1.82) is 0 Å². The van der Waals surface area contributed by atoms with Crippen LogP contribution in [0.4, 0.5) is 0 Å². The van der Waals surface area contributed by atoms with Gasteiger partial charge in [-0.05, 0) is 37.1 Å². The Labute approximate surface area is 126 Å². The Morgan fingerprint density at radius 2 is 2.19 bits per heavy atom. The molecule has 2 rings (SSSR count). The number of nitrogens with zero attached hydrogens (tertiary/aromatic N) is 1. The second kappa shape index (κ2) is 8.12. The summed E-state index contributed by atoms with van der Waals surface area (Å²) in [6, 6.07) is 7.88. The molecule has 1 atom stereocenters. The molecule has 5 nitrogen and oxygen atoms in total. The average molecular weight is 291 g/mol. The number of nitrogens with one attached hydrogen (secondary N) is 1. The van der Waals surface area contributed by atoms with Crippen LogP contribution < -0.4 is 11.1 Å². The van der Waals surface area contributed by atoms with E-state index in [1.165, 1.54) is 6.42 Å². The lowest BCUT2D eigenvalue weighted by molar-refractivity contribution is 0.0933. The lowest BCUT2D eigenvalue weighted by atomic mass is 10.1. The van der Waals surface area contributed by atoms with Crippen molar-refractivity contribution in [1.82, 2.24) is 10.2 Å². The highest BCUT2D eigenvalue weighted by Gasteiger charge is 2.24. The third kappa shape index (κ3) is 4.52. The zero-order valence-electron chi connectivity index (χ0n) is 12.7. The standard InChI is InChI=1S/C16H25N3O2/c1-21-10-9-19-8-2-3-15(19)12-18-16(20)14-6-4-13(11-17)5-7-14/h4-7,15H,2-3,8-12,17H2,1H3,(H,18,20). The number of benzene rings is 1. The third-order valence-corrected chi connectivity index (χ3v) is 4.03. The summed E-state index contributed by atoms with van der Waals surface area (Å²) in [4.78, 5) is 14.5. The second-order valence-corrected chi connectivity index (χ2v) is 5.44. The molecule has 1 amide bonds. The third-order valence-electron chi connectivity index (χ3n) is 4.03. The van der Waals surface area contributed by atoms with Gasteiger partial charge in [-0.25, -0.2) is 0 Å². The molecule has 3 N–H and O–H groups in total. The number of carbonyl (C=O) groups is 1. The minimum absolute atomic E-state index is 0.0165. The minimum atomic E-state index is -0.0165. The van der Waals surface area contributed by atoms with Gasteiger partial charge in [-0.3, -0.25) is 9.69 Å². The van der Waals surface area contributed by atoms with Crippen molar-refractivity contribution in [2.45, 2.75) is 25.4 Å². The number of rotatable bonds is 7. The summed E-state index contributed by atoms with van der Waals surface area (Å²) in [5.74, 6) is -0.0165. The minimum Gasteiger partial charge on any atom is -0.383 e. The van der Waals surface area contributed by atoms with Crippen LogP contribution in [0.1, 0.15) is 28.8 Å². The van der Waals surface area contributed by atoms with E-state index in [9.17, 15) is 4.79 Å². The first-order valence-electron chi connectivity index (χ1n) is 7.54. The number of methoxy groups -OCH3 is 1. The molecule has 5 heteroatoms. The summed E-state index contributed by atoms with van der Waals surface area (Å²) in [6.45, 7) is 3.96. The quantitative estimate of drug-likeness (QED) is 0.786. The van der Waals surface area contributed by atoms with Crippen molar-refractivity contribution in [2.75, 3.05) is 33.4 Å². The second-order valence-electron chi connectivity index (χ2n) is 5.44. The van der Waals surface area contributed by atoms with Gasteiger partial charge in [0.25, 0.3) is 5.91 Å². The van der Waals surface area contributed by atoms with Crippen LogP contribution in [-0.2, 0) is 11.3 Å². The molecule has 0 spiro atoms. The predicted molar refractivity (Wildman–Crippen MR) is 83.1 cm³/mol. The summed E-state index contributed by atoms with van der Waals surface area (Å²) in [7, 11) is 1.72. The number of ether oxygens (including phenoxy) is 1. The van der Waals surface area contributed by atoms with Crippen LogP contribution in [0.15, 0.2) is 24.3 Å². The van der Waals surface area contributed by atoms with Gasteiger partial charge in [0.05, 0.1) is 6.61 Å². The molecule has 1 fully saturated rings. The van der Waals surface area contributed by atoms with E-state index in [1.807, 2.05) is 24.3 Å². The fourth-order valence-corrected chi connectivity index (χ4v) is 2.73. The molecule has 0 saturated carbocycles. The Balaban J connectivity index is 1.82. The first kappa shape index (κ1) is 15.9. The molecular weight excluding hydrogens is 266 g/mol. The van der Waals surface area contributed by atoms with Crippen LogP contribution in [0.2, 0.25) is 0 Å². The molecule has 116 valence electrons. The topological polar surface area (TPSA) is 67.6 Å². The molecule has 0 radical (unpaired) electrons. The Kier molecular flexibility index (Phi) is 6.17. The zero-order chi connectivity index (χ0) is 15.1. The number of likely N-dealkylation sites (tertiary alicyclic amines) is 1. The number of carbonyl (C=O) groups excluding carboxylic acids is 1. The first-order valence-corrected chi connectivity index (χ1v) is 7.54. The maximum atomic E-state index is 12.1. The molecule has 0 aliphatic carbocycles. The number of amides is 1. The maximum Gasteiger partial charge on any atom is 0.251 e. The summed E-state index contributed by atoms with van der Waals surface area (Å²) < 4.78 is 5.13. The molecular formula is C16H25N3O2. The van der Waals surface area contributed by atoms with Crippen molar-refractivity contribution in [3.63, 3.8) is 0 Å². The van der Waals surface area contributed by atoms with Crippen LogP contribution in [0.25, 0.3) is 0 Å². The van der Waals surface area contributed by atoms with Crippen molar-refractivity contribution >= 4 is 5.91 Å². The van der Waals surface area contributed by atoms with Crippen molar-refractivity contribution in [2.24, 2.45) is 5.73 Å². The average Bonchev–Trinajstić information content (AvgIpc) is 2.98. The van der Waals surface area contributed by atoms with Crippen LogP contribution in [0.3, 0.4) is 0 Å². The molecule has 1 unspecified atom stereocenters. The lowest BCUT2D eigenvalue weighted by Gasteiger charge is -2.24. The smallest absolute Gasteiger partial charge is 0.251 e. The molecule has 0 aromatic heterocycles. The van der Waals surface area contributed by atoms with E-state index >= 15 is 0 Å². The highest BCUT2D eigenvalue weighted by atomic mass is 16.5. The fraction of sp³-hybridized carbons (Fsp3) is 0.562. The van der Waals surface area contributed by atoms with E-state index < -0.39 is 0 Å². The molecule has 1 heterocycles. The molecule has 21 heavy (non-hydrogen) atoms. The molecule has 1 aromatic rings. The first-order chi connectivity index (χ1) is 10.2. The summed E-state index contributed by atoms with van der Waals surface area (Å²) in [5, 5.41) is 3.03. The van der Waals surface area contributed by atoms with Gasteiger partial charge in [0, 0.05) is 38.3 Å². The molecule has 1 aliphatic rings. The molecule has 1 aliphatic heterocycles. The van der Waals surface area contributed by atoms with Crippen LogP contribution in [0, 0.1) is 0 Å². The molecule has 1 aromatic carbocycles. The van der Waals surface area contributed by atoms with E-state index in [4.69, 9.17) is 10.5 Å². The van der Waals surface area contributed by atoms with E-state index in [0.717, 1.165) is 31.7 Å². The van der Waals surface area contributed by atoms with Crippen LogP contribution in [-0.4, -0.2) is 50.2 Å². The van der Waals surface area contributed by atoms with Crippen LogP contribution >= 0.6 is 0 Å².